The van der Waals surface area contributed by atoms with Crippen molar-refractivity contribution < 1.29 is 13.0 Å². The first-order valence-corrected chi connectivity index (χ1v) is 10.8. The van der Waals surface area contributed by atoms with Gasteiger partial charge in [-0.2, -0.15) is 8.42 Å². The molecule has 27 heavy (non-hydrogen) atoms. The SMILES string of the molecule is Cc1cc2c(cc1C=Cc1ccc(S(=O)(=O)O)cc1)C(C)(C)CCC2(C)C. The van der Waals surface area contributed by atoms with Crippen LogP contribution >= 0.6 is 0 Å². The van der Waals surface area contributed by atoms with E-state index in [1.54, 1.807) is 12.1 Å². The van der Waals surface area contributed by atoms with Gasteiger partial charge >= 0.3 is 0 Å². The van der Waals surface area contributed by atoms with Crippen LogP contribution in [0.2, 0.25) is 0 Å². The van der Waals surface area contributed by atoms with Gasteiger partial charge in [0, 0.05) is 0 Å². The summed E-state index contributed by atoms with van der Waals surface area (Å²) in [7, 11) is -4.15. The highest BCUT2D eigenvalue weighted by Gasteiger charge is 2.37. The van der Waals surface area contributed by atoms with Gasteiger partial charge in [-0.3, -0.25) is 4.55 Å². The predicted octanol–water partition coefficient (Wildman–Crippen LogP) is 5.76. The molecule has 0 atom stereocenters. The average molecular weight is 385 g/mol. The lowest BCUT2D eigenvalue weighted by molar-refractivity contribution is 0.331. The molecule has 2 aromatic carbocycles. The van der Waals surface area contributed by atoms with E-state index < -0.39 is 10.1 Å². The van der Waals surface area contributed by atoms with Crippen LogP contribution < -0.4 is 0 Å². The standard InChI is InChI=1S/C23H28O3S/c1-16-14-20-21(23(4,5)13-12-22(20,2)3)15-18(16)9-6-17-7-10-19(11-8-17)27(24,25)26/h6-11,14-15H,12-13H2,1-5H3,(H,24,25,26). The lowest BCUT2D eigenvalue weighted by Crippen LogP contribution is -2.34. The molecule has 144 valence electrons. The maximum absolute atomic E-state index is 11.2. The molecule has 2 aromatic rings. The van der Waals surface area contributed by atoms with Crippen LogP contribution in [0.15, 0.2) is 41.3 Å². The van der Waals surface area contributed by atoms with E-state index in [0.717, 1.165) is 5.56 Å². The van der Waals surface area contributed by atoms with Gasteiger partial charge in [0.2, 0.25) is 0 Å². The molecule has 1 aliphatic rings. The third-order valence-corrected chi connectivity index (χ3v) is 6.74. The molecular formula is C23H28O3S. The Balaban J connectivity index is 1.98. The molecule has 4 heteroatoms. The van der Waals surface area contributed by atoms with E-state index in [4.69, 9.17) is 4.55 Å². The largest absolute Gasteiger partial charge is 0.294 e. The van der Waals surface area contributed by atoms with Gasteiger partial charge in [0.15, 0.2) is 0 Å². The number of hydrogen-bond acceptors (Lipinski definition) is 2. The summed E-state index contributed by atoms with van der Waals surface area (Å²) in [6, 6.07) is 10.9. The van der Waals surface area contributed by atoms with Gasteiger partial charge in [0.25, 0.3) is 10.1 Å². The molecular weight excluding hydrogens is 356 g/mol. The highest BCUT2D eigenvalue weighted by atomic mass is 32.2. The molecule has 0 radical (unpaired) electrons. The number of aryl methyl sites for hydroxylation is 1. The summed E-state index contributed by atoms with van der Waals surface area (Å²) in [4.78, 5) is -0.0893. The van der Waals surface area contributed by atoms with Crippen LogP contribution in [0, 0.1) is 6.92 Å². The lowest BCUT2D eigenvalue weighted by atomic mass is 9.62. The van der Waals surface area contributed by atoms with Crippen molar-refractivity contribution in [3.8, 4) is 0 Å². The second-order valence-electron chi connectivity index (χ2n) is 8.90. The smallest absolute Gasteiger partial charge is 0.282 e. The fourth-order valence-corrected chi connectivity index (χ4v) is 4.34. The molecule has 0 spiro atoms. The number of fused-ring (bicyclic) bond motifs is 1. The zero-order valence-corrected chi connectivity index (χ0v) is 17.5. The van der Waals surface area contributed by atoms with Gasteiger partial charge in [-0.25, -0.2) is 0 Å². The topological polar surface area (TPSA) is 54.4 Å². The van der Waals surface area contributed by atoms with Gasteiger partial charge in [-0.05, 0) is 70.5 Å². The molecule has 0 heterocycles. The number of rotatable bonds is 3. The van der Waals surface area contributed by atoms with Crippen LogP contribution in [0.3, 0.4) is 0 Å². The van der Waals surface area contributed by atoms with Gasteiger partial charge in [0.1, 0.15) is 0 Å². The van der Waals surface area contributed by atoms with E-state index in [-0.39, 0.29) is 15.7 Å². The average Bonchev–Trinajstić information content (AvgIpc) is 2.57. The zero-order chi connectivity index (χ0) is 20.0. The minimum absolute atomic E-state index is 0.0893. The van der Waals surface area contributed by atoms with E-state index in [1.165, 1.54) is 47.2 Å². The normalized spacial score (nSPS) is 18.4. The van der Waals surface area contributed by atoms with E-state index in [2.05, 4.69) is 52.8 Å². The molecule has 0 bridgehead atoms. The predicted molar refractivity (Wildman–Crippen MR) is 112 cm³/mol. The Kier molecular flexibility index (Phi) is 4.86. The first-order valence-electron chi connectivity index (χ1n) is 9.31. The molecule has 0 aromatic heterocycles. The quantitative estimate of drug-likeness (QED) is 0.540. The second-order valence-corrected chi connectivity index (χ2v) is 10.3. The van der Waals surface area contributed by atoms with E-state index in [1.807, 2.05) is 6.08 Å². The fraction of sp³-hybridized carbons (Fsp3) is 0.391. The van der Waals surface area contributed by atoms with Gasteiger partial charge in [-0.15, -0.1) is 0 Å². The third kappa shape index (κ3) is 4.02. The van der Waals surface area contributed by atoms with Crippen molar-refractivity contribution in [2.75, 3.05) is 0 Å². The van der Waals surface area contributed by atoms with E-state index in [9.17, 15) is 8.42 Å². The minimum atomic E-state index is -4.15. The second kappa shape index (κ2) is 6.61. The molecule has 0 fully saturated rings. The maximum atomic E-state index is 11.2. The maximum Gasteiger partial charge on any atom is 0.294 e. The van der Waals surface area contributed by atoms with Crippen LogP contribution in [0.4, 0.5) is 0 Å². The van der Waals surface area contributed by atoms with Crippen molar-refractivity contribution in [1.82, 2.24) is 0 Å². The molecule has 3 rings (SSSR count). The Morgan fingerprint density at radius 3 is 1.93 bits per heavy atom. The molecule has 0 amide bonds. The van der Waals surface area contributed by atoms with Crippen LogP contribution in [-0.4, -0.2) is 13.0 Å². The zero-order valence-electron chi connectivity index (χ0n) is 16.7. The van der Waals surface area contributed by atoms with Gasteiger partial charge < -0.3 is 0 Å². The van der Waals surface area contributed by atoms with Gasteiger partial charge in [0.05, 0.1) is 4.90 Å². The summed E-state index contributed by atoms with van der Waals surface area (Å²) in [6.07, 6.45) is 6.43. The lowest BCUT2D eigenvalue weighted by Gasteiger charge is -2.42. The Labute approximate surface area is 162 Å². The summed E-state index contributed by atoms with van der Waals surface area (Å²) in [5.41, 5.74) is 6.54. The van der Waals surface area contributed by atoms with Crippen molar-refractivity contribution in [1.29, 1.82) is 0 Å². The van der Waals surface area contributed by atoms with Crippen LogP contribution in [-0.2, 0) is 20.9 Å². The van der Waals surface area contributed by atoms with Crippen molar-refractivity contribution in [2.45, 2.75) is 63.2 Å². The van der Waals surface area contributed by atoms with E-state index in [0.29, 0.717) is 0 Å². The van der Waals surface area contributed by atoms with Crippen LogP contribution in [0.1, 0.15) is 68.4 Å². The van der Waals surface area contributed by atoms with Gasteiger partial charge in [-0.1, -0.05) is 64.1 Å². The summed E-state index contributed by atoms with van der Waals surface area (Å²) < 4.78 is 31.4. The summed E-state index contributed by atoms with van der Waals surface area (Å²) in [6.45, 7) is 11.4. The highest BCUT2D eigenvalue weighted by molar-refractivity contribution is 7.85. The Morgan fingerprint density at radius 1 is 0.889 bits per heavy atom. The first-order chi connectivity index (χ1) is 12.4. The highest BCUT2D eigenvalue weighted by Crippen LogP contribution is 2.46. The van der Waals surface area contributed by atoms with E-state index >= 15 is 0 Å². The molecule has 0 unspecified atom stereocenters. The van der Waals surface area contributed by atoms with Crippen molar-refractivity contribution in [3.63, 3.8) is 0 Å². The molecule has 3 nitrogen and oxygen atoms in total. The van der Waals surface area contributed by atoms with Crippen molar-refractivity contribution >= 4 is 22.3 Å². The molecule has 0 saturated heterocycles. The summed E-state index contributed by atoms with van der Waals surface area (Å²) in [5, 5.41) is 0. The first kappa shape index (κ1) is 19.8. The number of benzene rings is 2. The summed E-state index contributed by atoms with van der Waals surface area (Å²) in [5.74, 6) is 0. The van der Waals surface area contributed by atoms with Crippen molar-refractivity contribution in [3.05, 3.63) is 64.2 Å². The Bertz CT molecular complexity index is 995. The third-order valence-electron chi connectivity index (χ3n) is 5.87. The molecule has 0 saturated carbocycles. The van der Waals surface area contributed by atoms with Crippen LogP contribution in [0.5, 0.6) is 0 Å². The van der Waals surface area contributed by atoms with Crippen molar-refractivity contribution in [2.24, 2.45) is 0 Å². The molecule has 1 aliphatic carbocycles. The monoisotopic (exact) mass is 384 g/mol. The molecule has 0 aliphatic heterocycles. The minimum Gasteiger partial charge on any atom is -0.282 e. The fourth-order valence-electron chi connectivity index (χ4n) is 3.86. The summed E-state index contributed by atoms with van der Waals surface area (Å²) >= 11 is 0. The van der Waals surface area contributed by atoms with Crippen LogP contribution in [0.25, 0.3) is 12.2 Å². The Hall–Kier alpha value is -1.91. The molecule has 1 N–H and O–H groups in total. The number of hydrogen-bond donors (Lipinski definition) is 1. The Morgan fingerprint density at radius 2 is 1.41 bits per heavy atom.